The Kier molecular flexibility index (Phi) is 4.39. The second-order valence-corrected chi connectivity index (χ2v) is 6.03. The molecule has 0 heterocycles. The van der Waals surface area contributed by atoms with Crippen LogP contribution in [-0.4, -0.2) is 5.78 Å². The Morgan fingerprint density at radius 1 is 1.25 bits per heavy atom. The van der Waals surface area contributed by atoms with Crippen molar-refractivity contribution in [2.45, 2.75) is 33.6 Å². The Balaban J connectivity index is 2.30. The van der Waals surface area contributed by atoms with E-state index in [1.54, 1.807) is 12.1 Å². The smallest absolute Gasteiger partial charge is 0.162 e. The van der Waals surface area contributed by atoms with E-state index >= 15 is 0 Å². The second-order valence-electron chi connectivity index (χ2n) is 6.03. The third-order valence-corrected chi connectivity index (χ3v) is 4.23. The molecule has 0 spiro atoms. The highest BCUT2D eigenvalue weighted by atomic mass is 16.1. The standard InChI is InChI=1S/C18H21NO/c1-12(2)16-9-4-13(3)17(18(16)20)10-14-5-7-15(11-19)8-6-14/h5-8,10,12-13,16H,4,9H2,1-3H3/t13-,16+/m1/s1. The van der Waals surface area contributed by atoms with Crippen molar-refractivity contribution in [2.75, 3.05) is 0 Å². The van der Waals surface area contributed by atoms with Gasteiger partial charge in [0.25, 0.3) is 0 Å². The van der Waals surface area contributed by atoms with Crippen LogP contribution in [0.2, 0.25) is 0 Å². The molecule has 2 rings (SSSR count). The predicted octanol–water partition coefficient (Wildman–Crippen LogP) is 4.21. The molecule has 104 valence electrons. The zero-order valence-corrected chi connectivity index (χ0v) is 12.4. The van der Waals surface area contributed by atoms with Crippen LogP contribution in [0.15, 0.2) is 29.8 Å². The highest BCUT2D eigenvalue weighted by molar-refractivity contribution is 6.02. The molecular formula is C18H21NO. The fourth-order valence-electron chi connectivity index (χ4n) is 2.86. The zero-order chi connectivity index (χ0) is 14.7. The summed E-state index contributed by atoms with van der Waals surface area (Å²) in [5.41, 5.74) is 2.60. The Hall–Kier alpha value is -1.88. The summed E-state index contributed by atoms with van der Waals surface area (Å²) >= 11 is 0. The number of allylic oxidation sites excluding steroid dienone is 1. The first-order chi connectivity index (χ1) is 9.52. The SMILES string of the molecule is CC(C)[C@@H]1CC[C@@H](C)C(=Cc2ccc(C#N)cc2)C1=O. The zero-order valence-electron chi connectivity index (χ0n) is 12.4. The van der Waals surface area contributed by atoms with Gasteiger partial charge in [0.15, 0.2) is 5.78 Å². The summed E-state index contributed by atoms with van der Waals surface area (Å²) in [4.78, 5) is 12.6. The molecule has 0 bridgehead atoms. The van der Waals surface area contributed by atoms with E-state index in [-0.39, 0.29) is 5.92 Å². The normalized spacial score (nSPS) is 24.9. The van der Waals surface area contributed by atoms with Gasteiger partial charge in [0.1, 0.15) is 0 Å². The number of carbonyl (C=O) groups excluding carboxylic acids is 1. The summed E-state index contributed by atoms with van der Waals surface area (Å²) in [7, 11) is 0. The van der Waals surface area contributed by atoms with E-state index in [0.717, 1.165) is 24.0 Å². The Morgan fingerprint density at radius 2 is 1.90 bits per heavy atom. The first-order valence-electron chi connectivity index (χ1n) is 7.29. The number of rotatable bonds is 2. The van der Waals surface area contributed by atoms with Crippen LogP contribution in [0.25, 0.3) is 6.08 Å². The van der Waals surface area contributed by atoms with Crippen LogP contribution in [0.3, 0.4) is 0 Å². The van der Waals surface area contributed by atoms with Crippen molar-refractivity contribution in [3.8, 4) is 6.07 Å². The quantitative estimate of drug-likeness (QED) is 0.753. The van der Waals surface area contributed by atoms with E-state index in [9.17, 15) is 4.79 Å². The van der Waals surface area contributed by atoms with Gasteiger partial charge in [-0.25, -0.2) is 0 Å². The summed E-state index contributed by atoms with van der Waals surface area (Å²) < 4.78 is 0. The Labute approximate surface area is 121 Å². The van der Waals surface area contributed by atoms with Gasteiger partial charge in [-0.3, -0.25) is 4.79 Å². The van der Waals surface area contributed by atoms with E-state index in [0.29, 0.717) is 23.2 Å². The Bertz CT molecular complexity index is 560. The van der Waals surface area contributed by atoms with Gasteiger partial charge in [0.05, 0.1) is 11.6 Å². The van der Waals surface area contributed by atoms with Crippen molar-refractivity contribution in [1.82, 2.24) is 0 Å². The van der Waals surface area contributed by atoms with Gasteiger partial charge >= 0.3 is 0 Å². The topological polar surface area (TPSA) is 40.9 Å². The maximum absolute atomic E-state index is 12.6. The van der Waals surface area contributed by atoms with Gasteiger partial charge in [-0.05, 0) is 54.0 Å². The highest BCUT2D eigenvalue weighted by Crippen LogP contribution is 2.35. The van der Waals surface area contributed by atoms with Gasteiger partial charge < -0.3 is 0 Å². The Morgan fingerprint density at radius 3 is 2.45 bits per heavy atom. The summed E-state index contributed by atoms with van der Waals surface area (Å²) in [5, 5.41) is 8.81. The number of carbonyl (C=O) groups is 1. The minimum Gasteiger partial charge on any atom is -0.294 e. The maximum Gasteiger partial charge on any atom is 0.162 e. The lowest BCUT2D eigenvalue weighted by Gasteiger charge is -2.30. The number of hydrogen-bond donors (Lipinski definition) is 0. The maximum atomic E-state index is 12.6. The molecule has 2 nitrogen and oxygen atoms in total. The molecule has 1 fully saturated rings. The minimum atomic E-state index is 0.163. The average Bonchev–Trinajstić information content (AvgIpc) is 2.43. The number of hydrogen-bond acceptors (Lipinski definition) is 2. The van der Waals surface area contributed by atoms with Crippen molar-refractivity contribution in [3.63, 3.8) is 0 Å². The van der Waals surface area contributed by atoms with Crippen molar-refractivity contribution < 1.29 is 4.79 Å². The summed E-state index contributed by atoms with van der Waals surface area (Å²) in [5.74, 6) is 1.20. The van der Waals surface area contributed by atoms with E-state index in [2.05, 4.69) is 26.8 Å². The van der Waals surface area contributed by atoms with E-state index < -0.39 is 0 Å². The lowest BCUT2D eigenvalue weighted by atomic mass is 9.73. The average molecular weight is 267 g/mol. The lowest BCUT2D eigenvalue weighted by Crippen LogP contribution is -2.30. The highest BCUT2D eigenvalue weighted by Gasteiger charge is 2.32. The summed E-state index contributed by atoms with van der Waals surface area (Å²) in [6.45, 7) is 6.37. The molecule has 2 heteroatoms. The summed E-state index contributed by atoms with van der Waals surface area (Å²) in [6.07, 6.45) is 4.09. The molecule has 1 aliphatic carbocycles. The molecule has 0 aliphatic heterocycles. The molecule has 1 aromatic carbocycles. The third-order valence-electron chi connectivity index (χ3n) is 4.23. The van der Waals surface area contributed by atoms with Gasteiger partial charge in [-0.2, -0.15) is 5.26 Å². The first kappa shape index (κ1) is 14.5. The molecule has 0 aromatic heterocycles. The molecular weight excluding hydrogens is 246 g/mol. The molecule has 0 radical (unpaired) electrons. The van der Waals surface area contributed by atoms with Crippen LogP contribution in [0.4, 0.5) is 0 Å². The van der Waals surface area contributed by atoms with Crippen molar-refractivity contribution >= 4 is 11.9 Å². The van der Waals surface area contributed by atoms with Crippen LogP contribution in [0.5, 0.6) is 0 Å². The van der Waals surface area contributed by atoms with Gasteiger partial charge in [0.2, 0.25) is 0 Å². The third kappa shape index (κ3) is 2.99. The van der Waals surface area contributed by atoms with Crippen molar-refractivity contribution in [3.05, 3.63) is 41.0 Å². The number of nitrogens with zero attached hydrogens (tertiary/aromatic N) is 1. The fraction of sp³-hybridized carbons (Fsp3) is 0.444. The van der Waals surface area contributed by atoms with Crippen LogP contribution in [0.1, 0.15) is 44.7 Å². The minimum absolute atomic E-state index is 0.163. The monoisotopic (exact) mass is 267 g/mol. The van der Waals surface area contributed by atoms with Crippen molar-refractivity contribution in [2.24, 2.45) is 17.8 Å². The van der Waals surface area contributed by atoms with E-state index in [4.69, 9.17) is 5.26 Å². The molecule has 1 saturated carbocycles. The van der Waals surface area contributed by atoms with Crippen LogP contribution < -0.4 is 0 Å². The molecule has 0 amide bonds. The lowest BCUT2D eigenvalue weighted by molar-refractivity contribution is -0.122. The van der Waals surface area contributed by atoms with Crippen LogP contribution in [0, 0.1) is 29.1 Å². The fourth-order valence-corrected chi connectivity index (χ4v) is 2.86. The number of benzene rings is 1. The molecule has 20 heavy (non-hydrogen) atoms. The second kappa shape index (κ2) is 6.05. The number of ketones is 1. The van der Waals surface area contributed by atoms with Crippen LogP contribution in [-0.2, 0) is 4.79 Å². The number of Topliss-reactive ketones (excluding diaryl/α,β-unsaturated/α-hetero) is 1. The van der Waals surface area contributed by atoms with Gasteiger partial charge in [-0.15, -0.1) is 0 Å². The molecule has 0 N–H and O–H groups in total. The predicted molar refractivity (Wildman–Crippen MR) is 80.9 cm³/mol. The molecule has 2 atom stereocenters. The van der Waals surface area contributed by atoms with Crippen LogP contribution >= 0.6 is 0 Å². The molecule has 1 aliphatic rings. The van der Waals surface area contributed by atoms with Crippen molar-refractivity contribution in [1.29, 1.82) is 5.26 Å². The largest absolute Gasteiger partial charge is 0.294 e. The first-order valence-corrected chi connectivity index (χ1v) is 7.29. The summed E-state index contributed by atoms with van der Waals surface area (Å²) in [6, 6.07) is 9.52. The van der Waals surface area contributed by atoms with Gasteiger partial charge in [-0.1, -0.05) is 32.9 Å². The number of nitriles is 1. The van der Waals surface area contributed by atoms with Gasteiger partial charge in [0, 0.05) is 5.92 Å². The molecule has 0 saturated heterocycles. The van der Waals surface area contributed by atoms with E-state index in [1.807, 2.05) is 18.2 Å². The van der Waals surface area contributed by atoms with E-state index in [1.165, 1.54) is 0 Å². The molecule has 0 unspecified atom stereocenters. The molecule has 1 aromatic rings.